The topological polar surface area (TPSA) is 61.4 Å². The summed E-state index contributed by atoms with van der Waals surface area (Å²) in [7, 11) is 0. The number of nitrogens with zero attached hydrogens (tertiary/aromatic N) is 6. The molecule has 0 spiro atoms. The van der Waals surface area contributed by atoms with E-state index in [0.29, 0.717) is 6.54 Å². The molecule has 0 fully saturated rings. The monoisotopic (exact) mass is 488 g/mol. The zero-order valence-electron chi connectivity index (χ0n) is 20.0. The van der Waals surface area contributed by atoms with E-state index in [1.807, 2.05) is 77.2 Å². The van der Waals surface area contributed by atoms with Crippen molar-refractivity contribution in [2.24, 2.45) is 0 Å². The normalized spacial score (nSPS) is 11.2. The fraction of sp³-hybridized carbons (Fsp3) is 0.103. The maximum Gasteiger partial charge on any atom is 0.124 e. The van der Waals surface area contributed by atoms with Crippen LogP contribution in [0.25, 0.3) is 38.1 Å². The third-order valence-electron chi connectivity index (χ3n) is 6.05. The summed E-state index contributed by atoms with van der Waals surface area (Å²) in [6, 6.07) is 28.9. The molecule has 0 saturated carbocycles. The smallest absolute Gasteiger partial charge is 0.124 e. The number of rotatable bonds is 6. The summed E-state index contributed by atoms with van der Waals surface area (Å²) >= 11 is 1.66. The second kappa shape index (κ2) is 9.36. The molecule has 0 radical (unpaired) electrons. The summed E-state index contributed by atoms with van der Waals surface area (Å²) in [6.07, 6.45) is 4.02. The Morgan fingerprint density at radius 2 is 1.53 bits per heavy atom. The number of thiazole rings is 1. The van der Waals surface area contributed by atoms with E-state index in [9.17, 15) is 0 Å². The minimum Gasteiger partial charge on any atom is -0.247 e. The molecule has 176 valence electrons. The van der Waals surface area contributed by atoms with E-state index in [-0.39, 0.29) is 0 Å². The third kappa shape index (κ3) is 4.36. The minimum atomic E-state index is 0.660. The maximum absolute atomic E-state index is 5.01. The Kier molecular flexibility index (Phi) is 5.75. The Bertz CT molecular complexity index is 1610. The van der Waals surface area contributed by atoms with Crippen LogP contribution in [0.3, 0.4) is 0 Å². The van der Waals surface area contributed by atoms with Crippen LogP contribution in [-0.4, -0.2) is 29.8 Å². The summed E-state index contributed by atoms with van der Waals surface area (Å²) in [5.74, 6) is 0. The maximum atomic E-state index is 5.01. The molecule has 3 aromatic carbocycles. The van der Waals surface area contributed by atoms with Gasteiger partial charge in [0, 0.05) is 11.8 Å². The van der Waals surface area contributed by atoms with Crippen molar-refractivity contribution in [2.75, 3.05) is 0 Å². The van der Waals surface area contributed by atoms with Crippen molar-refractivity contribution in [1.29, 1.82) is 0 Å². The predicted molar refractivity (Wildman–Crippen MR) is 144 cm³/mol. The molecule has 0 unspecified atom stereocenters. The van der Waals surface area contributed by atoms with Crippen molar-refractivity contribution >= 4 is 11.3 Å². The number of hydrogen-bond donors (Lipinski definition) is 0. The highest BCUT2D eigenvalue weighted by Crippen LogP contribution is 2.39. The SMILES string of the molecule is Cc1ccc(-c2nc(C)c(-c3nn(-c4ccccc4)cc3-c3cn(Cc4ccccc4)nn3)s2)cc1. The quantitative estimate of drug-likeness (QED) is 0.265. The molecule has 0 aliphatic rings. The van der Waals surface area contributed by atoms with Gasteiger partial charge in [0.05, 0.1) is 34.6 Å². The second-order valence-electron chi connectivity index (χ2n) is 8.76. The first-order valence-electron chi connectivity index (χ1n) is 11.8. The van der Waals surface area contributed by atoms with Crippen LogP contribution < -0.4 is 0 Å². The van der Waals surface area contributed by atoms with Crippen LogP contribution in [-0.2, 0) is 6.54 Å². The lowest BCUT2D eigenvalue weighted by Gasteiger charge is -2.00. The van der Waals surface area contributed by atoms with Crippen LogP contribution in [0, 0.1) is 13.8 Å². The Morgan fingerprint density at radius 3 is 2.28 bits per heavy atom. The van der Waals surface area contributed by atoms with Gasteiger partial charge in [0.2, 0.25) is 0 Å². The van der Waals surface area contributed by atoms with E-state index in [4.69, 9.17) is 10.1 Å². The van der Waals surface area contributed by atoms with Crippen LogP contribution in [0.4, 0.5) is 0 Å². The molecule has 3 heterocycles. The van der Waals surface area contributed by atoms with Gasteiger partial charge in [-0.15, -0.1) is 16.4 Å². The Labute approximate surface area is 213 Å². The minimum absolute atomic E-state index is 0.660. The summed E-state index contributed by atoms with van der Waals surface area (Å²) in [5.41, 5.74) is 8.03. The number of aromatic nitrogens is 6. The van der Waals surface area contributed by atoms with Gasteiger partial charge in [-0.2, -0.15) is 5.10 Å². The summed E-state index contributed by atoms with van der Waals surface area (Å²) in [6.45, 7) is 4.80. The van der Waals surface area contributed by atoms with Gasteiger partial charge in [0.1, 0.15) is 16.4 Å². The van der Waals surface area contributed by atoms with Gasteiger partial charge in [0.25, 0.3) is 0 Å². The number of hydrogen-bond acceptors (Lipinski definition) is 5. The molecule has 6 aromatic rings. The van der Waals surface area contributed by atoms with E-state index in [2.05, 4.69) is 53.6 Å². The van der Waals surface area contributed by atoms with E-state index in [1.165, 1.54) is 11.1 Å². The first-order chi connectivity index (χ1) is 17.6. The molecule has 0 aliphatic heterocycles. The van der Waals surface area contributed by atoms with E-state index >= 15 is 0 Å². The summed E-state index contributed by atoms with van der Waals surface area (Å²) in [4.78, 5) is 5.93. The third-order valence-corrected chi connectivity index (χ3v) is 7.26. The van der Waals surface area contributed by atoms with Crippen molar-refractivity contribution in [3.05, 3.63) is 114 Å². The Morgan fingerprint density at radius 1 is 0.806 bits per heavy atom. The van der Waals surface area contributed by atoms with Gasteiger partial charge in [-0.25, -0.2) is 14.3 Å². The second-order valence-corrected chi connectivity index (χ2v) is 9.76. The number of aryl methyl sites for hydroxylation is 2. The average molecular weight is 489 g/mol. The largest absolute Gasteiger partial charge is 0.247 e. The molecule has 3 aromatic heterocycles. The van der Waals surface area contributed by atoms with Crippen molar-refractivity contribution in [1.82, 2.24) is 29.8 Å². The van der Waals surface area contributed by atoms with Gasteiger partial charge in [-0.3, -0.25) is 0 Å². The highest BCUT2D eigenvalue weighted by atomic mass is 32.1. The fourth-order valence-electron chi connectivity index (χ4n) is 4.15. The van der Waals surface area contributed by atoms with Gasteiger partial charge in [-0.05, 0) is 31.5 Å². The molecule has 0 N–H and O–H groups in total. The Balaban J connectivity index is 1.43. The first-order valence-corrected chi connectivity index (χ1v) is 12.6. The average Bonchev–Trinajstić information content (AvgIpc) is 3.64. The van der Waals surface area contributed by atoms with Crippen molar-refractivity contribution < 1.29 is 0 Å². The van der Waals surface area contributed by atoms with Gasteiger partial charge in [0.15, 0.2) is 0 Å². The van der Waals surface area contributed by atoms with E-state index in [1.54, 1.807) is 11.3 Å². The van der Waals surface area contributed by atoms with Crippen LogP contribution in [0.1, 0.15) is 16.8 Å². The predicted octanol–water partition coefficient (Wildman–Crippen LogP) is 6.59. The number of benzene rings is 3. The lowest BCUT2D eigenvalue weighted by atomic mass is 10.1. The van der Waals surface area contributed by atoms with Gasteiger partial charge < -0.3 is 0 Å². The highest BCUT2D eigenvalue weighted by molar-refractivity contribution is 7.18. The zero-order chi connectivity index (χ0) is 24.5. The van der Waals surface area contributed by atoms with Crippen molar-refractivity contribution in [3.63, 3.8) is 0 Å². The summed E-state index contributed by atoms with van der Waals surface area (Å²) in [5, 5.41) is 14.9. The van der Waals surface area contributed by atoms with Crippen molar-refractivity contribution in [3.8, 4) is 38.1 Å². The first kappa shape index (κ1) is 22.1. The van der Waals surface area contributed by atoms with Crippen LogP contribution in [0.15, 0.2) is 97.3 Å². The molecule has 0 bridgehead atoms. The molecular formula is C29H24N6S. The summed E-state index contributed by atoms with van der Waals surface area (Å²) < 4.78 is 3.77. The highest BCUT2D eigenvalue weighted by Gasteiger charge is 2.22. The van der Waals surface area contributed by atoms with Gasteiger partial charge >= 0.3 is 0 Å². The molecular weight excluding hydrogens is 464 g/mol. The number of para-hydroxylation sites is 1. The molecule has 36 heavy (non-hydrogen) atoms. The Hall–Kier alpha value is -4.36. The molecule has 0 amide bonds. The molecule has 7 heteroatoms. The lowest BCUT2D eigenvalue weighted by Crippen LogP contribution is -1.99. The lowest BCUT2D eigenvalue weighted by molar-refractivity contribution is 0.650. The molecule has 6 rings (SSSR count). The van der Waals surface area contributed by atoms with Crippen LogP contribution in [0.2, 0.25) is 0 Å². The molecule has 0 atom stereocenters. The van der Waals surface area contributed by atoms with Crippen LogP contribution >= 0.6 is 11.3 Å². The van der Waals surface area contributed by atoms with E-state index in [0.717, 1.165) is 43.8 Å². The standard InChI is InChI=1S/C29H24N6S/c1-20-13-15-23(16-14-20)29-30-21(2)28(36-29)27-25(18-35(32-27)24-11-7-4-8-12-24)26-19-34(33-31-26)17-22-9-5-3-6-10-22/h3-16,18-19H,17H2,1-2H3. The van der Waals surface area contributed by atoms with Crippen molar-refractivity contribution in [2.45, 2.75) is 20.4 Å². The molecule has 6 nitrogen and oxygen atoms in total. The molecule has 0 saturated heterocycles. The van der Waals surface area contributed by atoms with E-state index < -0.39 is 0 Å². The van der Waals surface area contributed by atoms with Crippen LogP contribution in [0.5, 0.6) is 0 Å². The molecule has 0 aliphatic carbocycles. The zero-order valence-corrected chi connectivity index (χ0v) is 20.9. The fourth-order valence-corrected chi connectivity index (χ4v) is 5.22. The van der Waals surface area contributed by atoms with Gasteiger partial charge in [-0.1, -0.05) is 83.6 Å².